The van der Waals surface area contributed by atoms with Gasteiger partial charge in [0.15, 0.2) is 5.84 Å². The summed E-state index contributed by atoms with van der Waals surface area (Å²) < 4.78 is 29.3. The molecule has 220 valence electrons. The average Bonchev–Trinajstić information content (AvgIpc) is 3.43. The Morgan fingerprint density at radius 2 is 1.88 bits per heavy atom. The van der Waals surface area contributed by atoms with Crippen LogP contribution in [-0.4, -0.2) is 50.7 Å². The fraction of sp³-hybridized carbons (Fsp3) is 0.233. The fourth-order valence-corrected chi connectivity index (χ4v) is 4.96. The number of hydrogen-bond donors (Lipinski definition) is 4. The van der Waals surface area contributed by atoms with Gasteiger partial charge in [-0.2, -0.15) is 0 Å². The van der Waals surface area contributed by atoms with E-state index in [9.17, 15) is 9.18 Å². The van der Waals surface area contributed by atoms with Crippen molar-refractivity contribution in [2.75, 3.05) is 44.6 Å². The topological polar surface area (TPSA) is 118 Å². The molecular weight excluding hydrogens is 581 g/mol. The van der Waals surface area contributed by atoms with Crippen molar-refractivity contribution in [1.29, 1.82) is 5.41 Å². The van der Waals surface area contributed by atoms with Gasteiger partial charge < -0.3 is 30.2 Å². The Morgan fingerprint density at radius 3 is 2.60 bits per heavy atom. The lowest BCUT2D eigenvalue weighted by Crippen LogP contribution is -2.27. The van der Waals surface area contributed by atoms with E-state index in [0.717, 1.165) is 21.1 Å². The van der Waals surface area contributed by atoms with Gasteiger partial charge in [-0.05, 0) is 41.5 Å². The minimum absolute atomic E-state index is 0.0170. The van der Waals surface area contributed by atoms with Crippen molar-refractivity contribution in [3.8, 4) is 16.3 Å². The number of aromatic nitrogens is 1. The van der Waals surface area contributed by atoms with Crippen LogP contribution >= 0.6 is 22.9 Å². The zero-order chi connectivity index (χ0) is 29.9. The number of carbonyl (C=O) groups excluding carboxylic acids is 1. The predicted molar refractivity (Wildman–Crippen MR) is 164 cm³/mol. The molecule has 0 aliphatic heterocycles. The highest BCUT2D eigenvalue weighted by Crippen LogP contribution is 2.33. The molecule has 0 atom stereocenters. The number of amidine groups is 1. The van der Waals surface area contributed by atoms with Crippen LogP contribution in [0.5, 0.6) is 5.75 Å². The van der Waals surface area contributed by atoms with Gasteiger partial charge in [-0.1, -0.05) is 59.3 Å². The number of halogens is 2. The first kappa shape index (κ1) is 30.9. The van der Waals surface area contributed by atoms with Crippen molar-refractivity contribution in [2.24, 2.45) is 0 Å². The molecule has 0 aliphatic carbocycles. The van der Waals surface area contributed by atoms with Crippen LogP contribution in [0.15, 0.2) is 66.7 Å². The zero-order valence-corrected chi connectivity index (χ0v) is 24.7. The third-order valence-corrected chi connectivity index (χ3v) is 7.35. The highest BCUT2D eigenvalue weighted by Gasteiger charge is 2.17. The third kappa shape index (κ3) is 8.73. The Bertz CT molecular complexity index is 1520. The molecule has 3 aromatic carbocycles. The summed E-state index contributed by atoms with van der Waals surface area (Å²) in [7, 11) is 3.35. The Kier molecular flexibility index (Phi) is 11.2. The van der Waals surface area contributed by atoms with Gasteiger partial charge in [-0.25, -0.2) is 9.37 Å². The minimum atomic E-state index is -0.329. The summed E-state index contributed by atoms with van der Waals surface area (Å²) in [5.74, 6) is 0.0170. The van der Waals surface area contributed by atoms with Crippen LogP contribution in [0.4, 0.5) is 15.1 Å². The highest BCUT2D eigenvalue weighted by atomic mass is 35.5. The molecule has 42 heavy (non-hydrogen) atoms. The first-order chi connectivity index (χ1) is 20.4. The monoisotopic (exact) mass is 611 g/mol. The number of carbonyl (C=O) groups is 1. The van der Waals surface area contributed by atoms with Crippen molar-refractivity contribution in [1.82, 2.24) is 10.3 Å². The van der Waals surface area contributed by atoms with Crippen LogP contribution in [-0.2, 0) is 27.4 Å². The molecule has 1 aromatic heterocycles. The minimum Gasteiger partial charge on any atom is -0.487 e. The highest BCUT2D eigenvalue weighted by molar-refractivity contribution is 7.19. The first-order valence-electron chi connectivity index (χ1n) is 13.0. The summed E-state index contributed by atoms with van der Waals surface area (Å²) in [6, 6.07) is 19.0. The van der Waals surface area contributed by atoms with Gasteiger partial charge in [-0.3, -0.25) is 10.2 Å². The molecule has 4 rings (SSSR count). The molecule has 4 N–H and O–H groups in total. The van der Waals surface area contributed by atoms with Gasteiger partial charge in [0, 0.05) is 32.0 Å². The quantitative estimate of drug-likeness (QED) is 0.0792. The second-order valence-electron chi connectivity index (χ2n) is 9.03. The number of anilines is 2. The van der Waals surface area contributed by atoms with Gasteiger partial charge in [0.25, 0.3) is 0 Å². The molecule has 0 saturated heterocycles. The number of methoxy groups -OCH3 is 1. The molecule has 0 unspecified atom stereocenters. The summed E-state index contributed by atoms with van der Waals surface area (Å²) in [6.45, 7) is 1.34. The van der Waals surface area contributed by atoms with E-state index in [-0.39, 0.29) is 30.8 Å². The van der Waals surface area contributed by atoms with Crippen molar-refractivity contribution in [3.63, 3.8) is 0 Å². The molecule has 4 aromatic rings. The summed E-state index contributed by atoms with van der Waals surface area (Å²) in [5.41, 5.74) is 3.57. The van der Waals surface area contributed by atoms with Crippen molar-refractivity contribution >= 4 is 45.4 Å². The van der Waals surface area contributed by atoms with Gasteiger partial charge in [0.1, 0.15) is 40.5 Å². The summed E-state index contributed by atoms with van der Waals surface area (Å²) in [4.78, 5) is 16.6. The second kappa shape index (κ2) is 15.3. The predicted octanol–water partition coefficient (Wildman–Crippen LogP) is 5.94. The van der Waals surface area contributed by atoms with Crippen molar-refractivity contribution in [3.05, 3.63) is 94.4 Å². The smallest absolute Gasteiger partial charge is 0.246 e. The lowest BCUT2D eigenvalue weighted by molar-refractivity contribution is -0.126. The maximum atomic E-state index is 13.4. The van der Waals surface area contributed by atoms with E-state index in [1.54, 1.807) is 44.5 Å². The van der Waals surface area contributed by atoms with Crippen LogP contribution in [0.25, 0.3) is 10.6 Å². The lowest BCUT2D eigenvalue weighted by atomic mass is 10.1. The molecule has 0 spiro atoms. The Morgan fingerprint density at radius 1 is 1.07 bits per heavy atom. The maximum absolute atomic E-state index is 13.4. The standard InChI is InChI=1S/C30H31ClFN5O4S/c1-34-30-27(28(33)36-23-10-11-25(24(31)15-23)41-17-20-4-3-5-22(32)14-20)37-29(42-30)21-8-6-19(7-9-21)16-35-26(38)18-40-13-12-39-2/h3-11,14-15,34H,12-13,16-18H2,1-2H3,(H2,33,36)(H,35,38). The molecule has 0 aliphatic rings. The van der Waals surface area contributed by atoms with Gasteiger partial charge >= 0.3 is 0 Å². The van der Waals surface area contributed by atoms with E-state index in [4.69, 9.17) is 36.2 Å². The van der Waals surface area contributed by atoms with E-state index in [1.807, 2.05) is 24.3 Å². The Balaban J connectivity index is 1.35. The van der Waals surface area contributed by atoms with E-state index in [0.29, 0.717) is 47.5 Å². The van der Waals surface area contributed by atoms with Gasteiger partial charge in [0.05, 0.1) is 18.2 Å². The number of amides is 1. The number of nitrogens with one attached hydrogen (secondary N) is 4. The molecule has 0 saturated carbocycles. The second-order valence-corrected chi connectivity index (χ2v) is 10.4. The number of thiazole rings is 1. The van der Waals surface area contributed by atoms with Crippen LogP contribution in [0.1, 0.15) is 16.8 Å². The van der Waals surface area contributed by atoms with E-state index < -0.39 is 0 Å². The number of rotatable bonds is 14. The number of benzene rings is 3. The van der Waals surface area contributed by atoms with E-state index >= 15 is 0 Å². The average molecular weight is 612 g/mol. The molecule has 0 radical (unpaired) electrons. The van der Waals surface area contributed by atoms with Gasteiger partial charge in [0.2, 0.25) is 5.91 Å². The van der Waals surface area contributed by atoms with E-state index in [1.165, 1.54) is 23.5 Å². The SMILES string of the molecule is CNc1sc(-c2ccc(CNC(=O)COCCOC)cc2)nc1C(=N)Nc1ccc(OCc2cccc(F)c2)c(Cl)c1. The van der Waals surface area contributed by atoms with Gasteiger partial charge in [-0.15, -0.1) is 0 Å². The summed E-state index contributed by atoms with van der Waals surface area (Å²) in [6.07, 6.45) is 0. The zero-order valence-electron chi connectivity index (χ0n) is 23.1. The van der Waals surface area contributed by atoms with Crippen LogP contribution in [0.3, 0.4) is 0 Å². The normalized spacial score (nSPS) is 10.8. The third-order valence-electron chi connectivity index (χ3n) is 5.93. The number of hydrogen-bond acceptors (Lipinski definition) is 8. The number of ether oxygens (including phenoxy) is 3. The molecule has 12 heteroatoms. The number of nitrogens with zero attached hydrogens (tertiary/aromatic N) is 1. The summed E-state index contributed by atoms with van der Waals surface area (Å²) >= 11 is 7.84. The molecule has 1 heterocycles. The van der Waals surface area contributed by atoms with Crippen LogP contribution in [0.2, 0.25) is 5.02 Å². The molecule has 0 bridgehead atoms. The molecule has 9 nitrogen and oxygen atoms in total. The molecule has 0 fully saturated rings. The Hall–Kier alpha value is -4.03. The summed E-state index contributed by atoms with van der Waals surface area (Å²) in [5, 5.41) is 19.5. The van der Waals surface area contributed by atoms with Crippen LogP contribution < -0.4 is 20.7 Å². The first-order valence-corrected chi connectivity index (χ1v) is 14.2. The fourth-order valence-electron chi connectivity index (χ4n) is 3.79. The van der Waals surface area contributed by atoms with Crippen LogP contribution in [0, 0.1) is 11.2 Å². The van der Waals surface area contributed by atoms with Crippen molar-refractivity contribution < 1.29 is 23.4 Å². The molecule has 1 amide bonds. The Labute approximate surface area is 252 Å². The lowest BCUT2D eigenvalue weighted by Gasteiger charge is -2.12. The molecular formula is C30H31ClFN5O4S. The van der Waals surface area contributed by atoms with E-state index in [2.05, 4.69) is 16.0 Å². The maximum Gasteiger partial charge on any atom is 0.246 e. The largest absolute Gasteiger partial charge is 0.487 e. The van der Waals surface area contributed by atoms with Crippen molar-refractivity contribution in [2.45, 2.75) is 13.2 Å².